The Hall–Kier alpha value is -0.733. The van der Waals surface area contributed by atoms with Gasteiger partial charge in [0.25, 0.3) is 0 Å². The number of rotatable bonds is 10. The first-order valence-electron chi connectivity index (χ1n) is 12.9. The quantitative estimate of drug-likeness (QED) is 0.389. The number of sulfonamides is 1. The highest BCUT2D eigenvalue weighted by Gasteiger charge is 2.72. The van der Waals surface area contributed by atoms with E-state index in [0.29, 0.717) is 12.3 Å². The Labute approximate surface area is 202 Å². The molecule has 4 atom stereocenters. The zero-order valence-corrected chi connectivity index (χ0v) is 23.8. The predicted octanol–water partition coefficient (Wildman–Crippen LogP) is 5.14. The van der Waals surface area contributed by atoms with Crippen LogP contribution in [0.2, 0.25) is 18.1 Å². The van der Waals surface area contributed by atoms with E-state index >= 15 is 0 Å². The fraction of sp³-hybridized carbons (Fsp3) is 0.920. The number of carbonyl (C=O) groups is 2. The number of carbonyl (C=O) groups excluding carboxylic acids is 2. The molecular formula is C25H45NO5SSi. The van der Waals surface area contributed by atoms with Gasteiger partial charge in [0.2, 0.25) is 15.9 Å². The van der Waals surface area contributed by atoms with E-state index in [-0.39, 0.29) is 40.7 Å². The average molecular weight is 500 g/mol. The normalized spacial score (nSPS) is 31.0. The topological polar surface area (TPSA) is 80.8 Å². The Morgan fingerprint density at radius 3 is 2.18 bits per heavy atom. The van der Waals surface area contributed by atoms with Crippen LogP contribution in [-0.2, 0) is 24.0 Å². The van der Waals surface area contributed by atoms with Crippen molar-refractivity contribution >= 4 is 30.0 Å². The van der Waals surface area contributed by atoms with Gasteiger partial charge in [-0.05, 0) is 48.7 Å². The lowest BCUT2D eigenvalue weighted by Gasteiger charge is -2.41. The number of Topliss-reactive ketones (excluding diaryl/α,β-unsaturated/α-hetero) is 1. The van der Waals surface area contributed by atoms with Crippen molar-refractivity contribution in [2.45, 2.75) is 118 Å². The highest BCUT2D eigenvalue weighted by atomic mass is 32.2. The van der Waals surface area contributed by atoms with Crippen LogP contribution in [0.5, 0.6) is 0 Å². The van der Waals surface area contributed by atoms with Gasteiger partial charge in [0.1, 0.15) is 5.78 Å². The van der Waals surface area contributed by atoms with E-state index in [1.54, 1.807) is 0 Å². The molecule has 0 aromatic rings. The summed E-state index contributed by atoms with van der Waals surface area (Å²) in [6.07, 6.45) is 2.38. The van der Waals surface area contributed by atoms with Crippen molar-refractivity contribution in [3.8, 4) is 0 Å². The summed E-state index contributed by atoms with van der Waals surface area (Å²) in [5, 5.41) is 0. The molecule has 2 saturated carbocycles. The van der Waals surface area contributed by atoms with Crippen molar-refractivity contribution in [3.63, 3.8) is 0 Å². The highest BCUT2D eigenvalue weighted by molar-refractivity contribution is 7.90. The lowest BCUT2D eigenvalue weighted by atomic mass is 9.69. The number of ketones is 1. The van der Waals surface area contributed by atoms with Crippen molar-refractivity contribution < 1.29 is 22.4 Å². The van der Waals surface area contributed by atoms with Crippen LogP contribution in [0.4, 0.5) is 0 Å². The Morgan fingerprint density at radius 1 is 1.12 bits per heavy atom. The third-order valence-electron chi connectivity index (χ3n) is 10.2. The molecule has 0 aromatic heterocycles. The molecule has 1 amide bonds. The second kappa shape index (κ2) is 8.73. The number of hydrogen-bond donors (Lipinski definition) is 0. The smallest absolute Gasteiger partial charge is 0.238 e. The first-order valence-corrected chi connectivity index (χ1v) is 17.1. The van der Waals surface area contributed by atoms with E-state index in [9.17, 15) is 18.0 Å². The van der Waals surface area contributed by atoms with Crippen LogP contribution in [0.3, 0.4) is 0 Å². The van der Waals surface area contributed by atoms with Gasteiger partial charge in [-0.2, -0.15) is 0 Å². The average Bonchev–Trinajstić information content (AvgIpc) is 3.23. The van der Waals surface area contributed by atoms with Gasteiger partial charge >= 0.3 is 0 Å². The highest BCUT2D eigenvalue weighted by Crippen LogP contribution is 2.70. The summed E-state index contributed by atoms with van der Waals surface area (Å²) < 4.78 is 34.7. The van der Waals surface area contributed by atoms with Gasteiger partial charge < -0.3 is 4.43 Å². The van der Waals surface area contributed by atoms with Crippen LogP contribution in [-0.4, -0.2) is 50.6 Å². The number of nitrogens with zero attached hydrogens (tertiary/aromatic N) is 1. The van der Waals surface area contributed by atoms with Gasteiger partial charge in [0.15, 0.2) is 8.32 Å². The molecule has 1 heterocycles. The SMILES string of the molecule is CCC(=O)C(C)(C)[C@H](CC(=O)N1C2CC3CC[C@]2(CS1(=O)=O)C3(C)C)O[Si](CC)(CC)CC. The maximum absolute atomic E-state index is 13.8. The summed E-state index contributed by atoms with van der Waals surface area (Å²) in [6.45, 7) is 16.3. The molecule has 1 aliphatic heterocycles. The molecule has 0 aromatic carbocycles. The van der Waals surface area contributed by atoms with E-state index in [1.807, 2.05) is 20.8 Å². The molecule has 1 saturated heterocycles. The molecule has 0 N–H and O–H groups in total. The van der Waals surface area contributed by atoms with E-state index in [0.717, 1.165) is 37.4 Å². The van der Waals surface area contributed by atoms with E-state index < -0.39 is 29.9 Å². The zero-order valence-electron chi connectivity index (χ0n) is 22.0. The lowest BCUT2D eigenvalue weighted by molar-refractivity contribution is -0.137. The third kappa shape index (κ3) is 3.96. The van der Waals surface area contributed by atoms with Gasteiger partial charge in [-0.25, -0.2) is 12.7 Å². The molecule has 33 heavy (non-hydrogen) atoms. The second-order valence-electron chi connectivity index (χ2n) is 11.9. The Morgan fingerprint density at radius 2 is 1.70 bits per heavy atom. The maximum atomic E-state index is 13.8. The number of hydrogen-bond acceptors (Lipinski definition) is 5. The molecular weight excluding hydrogens is 454 g/mol. The molecule has 3 fully saturated rings. The summed E-state index contributed by atoms with van der Waals surface area (Å²) in [5.74, 6) is 0.195. The molecule has 3 aliphatic rings. The minimum Gasteiger partial charge on any atom is -0.412 e. The molecule has 2 aliphatic carbocycles. The molecule has 1 spiro atoms. The largest absolute Gasteiger partial charge is 0.412 e. The molecule has 8 heteroatoms. The summed E-state index contributed by atoms with van der Waals surface area (Å²) in [5.41, 5.74) is -1.27. The summed E-state index contributed by atoms with van der Waals surface area (Å²) in [6, 6.07) is 2.47. The van der Waals surface area contributed by atoms with Gasteiger partial charge in [-0.3, -0.25) is 9.59 Å². The minimum absolute atomic E-state index is 0.0494. The number of fused-ring (bicyclic) bond motifs is 1. The van der Waals surface area contributed by atoms with Crippen LogP contribution in [0.15, 0.2) is 0 Å². The first kappa shape index (κ1) is 26.9. The fourth-order valence-electron chi connectivity index (χ4n) is 7.25. The monoisotopic (exact) mass is 499 g/mol. The Bertz CT molecular complexity index is 886. The third-order valence-corrected chi connectivity index (χ3v) is 16.8. The van der Waals surface area contributed by atoms with Crippen molar-refractivity contribution in [2.24, 2.45) is 22.2 Å². The second-order valence-corrected chi connectivity index (χ2v) is 18.4. The van der Waals surface area contributed by atoms with Gasteiger partial charge in [-0.15, -0.1) is 0 Å². The first-order chi connectivity index (χ1) is 15.2. The molecule has 190 valence electrons. The lowest BCUT2D eigenvalue weighted by Crippen LogP contribution is -2.51. The summed E-state index contributed by atoms with van der Waals surface area (Å²) >= 11 is 0. The molecule has 6 nitrogen and oxygen atoms in total. The minimum atomic E-state index is -3.68. The number of amides is 1. The Kier molecular flexibility index (Phi) is 7.11. The van der Waals surface area contributed by atoms with E-state index in [1.165, 1.54) is 4.31 Å². The van der Waals surface area contributed by atoms with Crippen LogP contribution >= 0.6 is 0 Å². The van der Waals surface area contributed by atoms with Crippen molar-refractivity contribution in [3.05, 3.63) is 0 Å². The Balaban J connectivity index is 1.95. The van der Waals surface area contributed by atoms with Gasteiger partial charge in [0.05, 0.1) is 24.3 Å². The molecule has 2 unspecified atom stereocenters. The van der Waals surface area contributed by atoms with Crippen LogP contribution in [0.1, 0.15) is 87.5 Å². The standard InChI is InChI=1S/C25H45NO5SSi/c1-9-20(27)23(5,6)21(31-33(10-2,11-3)12-4)16-22(28)26-19-15-18-13-14-25(19,24(18,7)8)17-32(26,29)30/h18-19,21H,9-17H2,1-8H3/t18?,19?,21-,25+/m0/s1. The van der Waals surface area contributed by atoms with Crippen LogP contribution < -0.4 is 0 Å². The van der Waals surface area contributed by atoms with E-state index in [4.69, 9.17) is 4.43 Å². The maximum Gasteiger partial charge on any atom is 0.238 e. The predicted molar refractivity (Wildman–Crippen MR) is 134 cm³/mol. The van der Waals surface area contributed by atoms with E-state index in [2.05, 4.69) is 34.6 Å². The van der Waals surface area contributed by atoms with Crippen molar-refractivity contribution in [1.29, 1.82) is 0 Å². The van der Waals surface area contributed by atoms with Gasteiger partial charge in [0, 0.05) is 17.3 Å². The van der Waals surface area contributed by atoms with Crippen LogP contribution in [0.25, 0.3) is 0 Å². The van der Waals surface area contributed by atoms with Gasteiger partial charge in [-0.1, -0.05) is 55.4 Å². The molecule has 3 rings (SSSR count). The molecule has 2 bridgehead atoms. The zero-order chi connectivity index (χ0) is 25.0. The summed E-state index contributed by atoms with van der Waals surface area (Å²) in [7, 11) is -5.81. The summed E-state index contributed by atoms with van der Waals surface area (Å²) in [4.78, 5) is 26.7. The molecule has 0 radical (unpaired) electrons. The van der Waals surface area contributed by atoms with Crippen LogP contribution in [0, 0.1) is 22.2 Å². The fourth-order valence-corrected chi connectivity index (χ4v) is 12.8. The van der Waals surface area contributed by atoms with Crippen molar-refractivity contribution in [2.75, 3.05) is 5.75 Å². The van der Waals surface area contributed by atoms with Crippen molar-refractivity contribution in [1.82, 2.24) is 4.31 Å².